The largest absolute Gasteiger partial charge is 0.460 e. The lowest BCUT2D eigenvalue weighted by Gasteiger charge is -2.06. The molecule has 0 radical (unpaired) electrons. The van der Waals surface area contributed by atoms with Gasteiger partial charge < -0.3 is 4.74 Å². The second kappa shape index (κ2) is 6.04. The lowest BCUT2D eigenvalue weighted by atomic mass is 10.2. The summed E-state index contributed by atoms with van der Waals surface area (Å²) in [4.78, 5) is 22.8. The Labute approximate surface area is 117 Å². The van der Waals surface area contributed by atoms with Gasteiger partial charge in [0, 0.05) is 0 Å². The fourth-order valence-corrected chi connectivity index (χ4v) is 2.89. The monoisotopic (exact) mass is 297 g/mol. The van der Waals surface area contributed by atoms with E-state index in [4.69, 9.17) is 4.74 Å². The van der Waals surface area contributed by atoms with Crippen LogP contribution in [0, 0.1) is 0 Å². The molecule has 7 heteroatoms. The van der Waals surface area contributed by atoms with Gasteiger partial charge in [0.15, 0.2) is 0 Å². The van der Waals surface area contributed by atoms with Crippen LogP contribution < -0.4 is 4.72 Å². The van der Waals surface area contributed by atoms with Gasteiger partial charge in [-0.15, -0.1) is 0 Å². The maximum Gasteiger partial charge on any atom is 0.315 e. The topological polar surface area (TPSA) is 89.5 Å². The van der Waals surface area contributed by atoms with Gasteiger partial charge in [-0.25, -0.2) is 8.42 Å². The zero-order chi connectivity index (χ0) is 14.6. The first-order chi connectivity index (χ1) is 9.47. The van der Waals surface area contributed by atoms with Crippen LogP contribution in [0.1, 0.15) is 24.8 Å². The number of nitrogens with one attached hydrogen (secondary N) is 1. The van der Waals surface area contributed by atoms with Crippen molar-refractivity contribution in [2.75, 3.05) is 0 Å². The molecule has 0 spiro atoms. The van der Waals surface area contributed by atoms with Crippen molar-refractivity contribution in [3.63, 3.8) is 0 Å². The van der Waals surface area contributed by atoms with Crippen LogP contribution in [0.15, 0.2) is 30.3 Å². The molecule has 1 saturated carbocycles. The van der Waals surface area contributed by atoms with Crippen LogP contribution in [0.4, 0.5) is 0 Å². The summed E-state index contributed by atoms with van der Waals surface area (Å²) >= 11 is 0. The third-order valence-corrected chi connectivity index (χ3v) is 4.63. The molecule has 108 valence electrons. The lowest BCUT2D eigenvalue weighted by molar-refractivity contribution is -0.147. The molecule has 1 aliphatic carbocycles. The van der Waals surface area contributed by atoms with E-state index in [1.54, 1.807) is 24.3 Å². The van der Waals surface area contributed by atoms with Crippen LogP contribution >= 0.6 is 0 Å². The van der Waals surface area contributed by atoms with Gasteiger partial charge in [-0.05, 0) is 18.4 Å². The third-order valence-electron chi connectivity index (χ3n) is 2.77. The van der Waals surface area contributed by atoms with Crippen molar-refractivity contribution in [2.45, 2.75) is 31.1 Å². The highest BCUT2D eigenvalue weighted by molar-refractivity contribution is 7.90. The average Bonchev–Trinajstić information content (AvgIpc) is 3.21. The van der Waals surface area contributed by atoms with Crippen LogP contribution in [0.25, 0.3) is 0 Å². The first kappa shape index (κ1) is 14.5. The smallest absolute Gasteiger partial charge is 0.315 e. The number of ether oxygens (including phenoxy) is 1. The minimum absolute atomic E-state index is 0.0579. The molecule has 1 amide bonds. The Morgan fingerprint density at radius 3 is 2.45 bits per heavy atom. The molecule has 2 rings (SSSR count). The number of benzene rings is 1. The summed E-state index contributed by atoms with van der Waals surface area (Å²) in [6.07, 6.45) is 0.515. The van der Waals surface area contributed by atoms with Crippen molar-refractivity contribution in [1.29, 1.82) is 0 Å². The van der Waals surface area contributed by atoms with E-state index in [-0.39, 0.29) is 6.61 Å². The summed E-state index contributed by atoms with van der Waals surface area (Å²) < 4.78 is 29.7. The second-order valence-electron chi connectivity index (χ2n) is 4.59. The lowest BCUT2D eigenvalue weighted by Crippen LogP contribution is -2.34. The van der Waals surface area contributed by atoms with Gasteiger partial charge in [0.05, 0.1) is 5.25 Å². The number of carbonyl (C=O) groups excluding carboxylic acids is 2. The van der Waals surface area contributed by atoms with Crippen LogP contribution in [0.5, 0.6) is 0 Å². The van der Waals surface area contributed by atoms with E-state index in [1.807, 2.05) is 10.8 Å². The zero-order valence-electron chi connectivity index (χ0n) is 10.7. The van der Waals surface area contributed by atoms with Gasteiger partial charge >= 0.3 is 5.97 Å². The maximum absolute atomic E-state index is 11.5. The SMILES string of the molecule is O=C(CC(=O)OCc1ccccc1)NS(=O)(=O)C1CC1. The van der Waals surface area contributed by atoms with Gasteiger partial charge in [0.1, 0.15) is 13.0 Å². The molecule has 0 heterocycles. The number of carbonyl (C=O) groups is 2. The highest BCUT2D eigenvalue weighted by Crippen LogP contribution is 2.27. The molecule has 1 aliphatic rings. The average molecular weight is 297 g/mol. The quantitative estimate of drug-likeness (QED) is 0.617. The normalized spacial score (nSPS) is 14.6. The molecule has 1 aromatic carbocycles. The molecule has 6 nitrogen and oxygen atoms in total. The zero-order valence-corrected chi connectivity index (χ0v) is 11.6. The molecule has 0 unspecified atom stereocenters. The van der Waals surface area contributed by atoms with E-state index in [0.29, 0.717) is 12.8 Å². The van der Waals surface area contributed by atoms with E-state index >= 15 is 0 Å². The van der Waals surface area contributed by atoms with Crippen molar-refractivity contribution in [2.24, 2.45) is 0 Å². The maximum atomic E-state index is 11.5. The second-order valence-corrected chi connectivity index (χ2v) is 6.55. The van der Waals surface area contributed by atoms with Crippen molar-refractivity contribution in [3.05, 3.63) is 35.9 Å². The highest BCUT2D eigenvalue weighted by atomic mass is 32.2. The Hall–Kier alpha value is -1.89. The van der Waals surface area contributed by atoms with Gasteiger partial charge in [0.2, 0.25) is 15.9 Å². The predicted molar refractivity (Wildman–Crippen MR) is 70.9 cm³/mol. The fourth-order valence-electron chi connectivity index (χ4n) is 1.58. The molecule has 0 bridgehead atoms. The molecular weight excluding hydrogens is 282 g/mol. The van der Waals surface area contributed by atoms with Crippen molar-refractivity contribution in [3.8, 4) is 0 Å². The van der Waals surface area contributed by atoms with Gasteiger partial charge in [0.25, 0.3) is 0 Å². The number of rotatable bonds is 6. The van der Waals surface area contributed by atoms with Crippen molar-refractivity contribution >= 4 is 21.9 Å². The summed E-state index contributed by atoms with van der Waals surface area (Å²) in [5.41, 5.74) is 0.798. The van der Waals surface area contributed by atoms with Crippen LogP contribution in [0.2, 0.25) is 0 Å². The van der Waals surface area contributed by atoms with E-state index in [2.05, 4.69) is 0 Å². The first-order valence-corrected chi connectivity index (χ1v) is 7.76. The predicted octanol–water partition coefficient (Wildman–Crippen LogP) is 0.728. The number of hydrogen-bond acceptors (Lipinski definition) is 5. The molecular formula is C13H15NO5S. The number of hydrogen-bond donors (Lipinski definition) is 1. The minimum atomic E-state index is -3.61. The standard InChI is InChI=1S/C13H15NO5S/c15-12(14-20(17,18)11-6-7-11)8-13(16)19-9-10-4-2-1-3-5-10/h1-5,11H,6-9H2,(H,14,15). The highest BCUT2D eigenvalue weighted by Gasteiger charge is 2.37. The number of amides is 1. The van der Waals surface area contributed by atoms with Crippen LogP contribution in [-0.4, -0.2) is 25.5 Å². The van der Waals surface area contributed by atoms with Gasteiger partial charge in [-0.3, -0.25) is 14.3 Å². The first-order valence-electron chi connectivity index (χ1n) is 6.21. The third kappa shape index (κ3) is 4.34. The van der Waals surface area contributed by atoms with E-state index in [0.717, 1.165) is 5.56 Å². The van der Waals surface area contributed by atoms with Gasteiger partial charge in [-0.1, -0.05) is 30.3 Å². The summed E-state index contributed by atoms with van der Waals surface area (Å²) in [5.74, 6) is -1.60. The van der Waals surface area contributed by atoms with Crippen molar-refractivity contribution in [1.82, 2.24) is 4.72 Å². The Kier molecular flexibility index (Phi) is 4.39. The van der Waals surface area contributed by atoms with Crippen LogP contribution in [-0.2, 0) is 31.0 Å². The fraction of sp³-hybridized carbons (Fsp3) is 0.385. The molecule has 20 heavy (non-hydrogen) atoms. The van der Waals surface area contributed by atoms with Gasteiger partial charge in [-0.2, -0.15) is 0 Å². The summed E-state index contributed by atoms with van der Waals surface area (Å²) in [6, 6.07) is 9.01. The molecule has 1 fully saturated rings. The van der Waals surface area contributed by atoms with Crippen LogP contribution in [0.3, 0.4) is 0 Å². The van der Waals surface area contributed by atoms with Crippen molar-refractivity contribution < 1.29 is 22.7 Å². The Morgan fingerprint density at radius 1 is 1.20 bits per heavy atom. The molecule has 0 atom stereocenters. The Balaban J connectivity index is 1.75. The molecule has 0 aliphatic heterocycles. The number of esters is 1. The Morgan fingerprint density at radius 2 is 1.85 bits per heavy atom. The summed E-state index contributed by atoms with van der Waals surface area (Å²) in [6.45, 7) is 0.0579. The molecule has 0 aromatic heterocycles. The minimum Gasteiger partial charge on any atom is -0.460 e. The summed E-state index contributed by atoms with van der Waals surface area (Å²) in [7, 11) is -3.61. The van der Waals surface area contributed by atoms with E-state index in [9.17, 15) is 18.0 Å². The summed E-state index contributed by atoms with van der Waals surface area (Å²) in [5, 5.41) is -0.494. The Bertz CT molecular complexity index is 592. The van der Waals surface area contributed by atoms with E-state index in [1.165, 1.54) is 0 Å². The molecule has 1 aromatic rings. The van der Waals surface area contributed by atoms with E-state index < -0.39 is 33.6 Å². The molecule has 1 N–H and O–H groups in total. The molecule has 0 saturated heterocycles. The number of sulfonamides is 1.